The number of terminal acetylenes is 1. The molecule has 0 heterocycles. The molecule has 0 spiro atoms. The van der Waals surface area contributed by atoms with Crippen molar-refractivity contribution < 1.29 is 4.79 Å². The van der Waals surface area contributed by atoms with Gasteiger partial charge in [0.2, 0.25) is 0 Å². The summed E-state index contributed by atoms with van der Waals surface area (Å²) >= 11 is 0. The largest absolute Gasteiger partial charge is 0.298 e. The summed E-state index contributed by atoms with van der Waals surface area (Å²) in [6.07, 6.45) is 6.40. The third-order valence-electron chi connectivity index (χ3n) is 3.24. The zero-order chi connectivity index (χ0) is 12.5. The third-order valence-corrected chi connectivity index (χ3v) is 3.24. The molecule has 0 saturated carbocycles. The van der Waals surface area contributed by atoms with Gasteiger partial charge in [-0.05, 0) is 27.6 Å². The van der Waals surface area contributed by atoms with Gasteiger partial charge in [-0.1, -0.05) is 48.4 Å². The predicted molar refractivity (Wildman–Crippen MR) is 74.8 cm³/mol. The summed E-state index contributed by atoms with van der Waals surface area (Å²) in [7, 11) is 0. The Morgan fingerprint density at radius 3 is 2.22 bits per heavy atom. The van der Waals surface area contributed by atoms with Crippen LogP contribution in [0.15, 0.2) is 48.5 Å². The normalized spacial score (nSPS) is 10.4. The number of hydrogen-bond acceptors (Lipinski definition) is 1. The molecule has 1 heteroatoms. The molecule has 84 valence electrons. The Morgan fingerprint density at radius 2 is 1.50 bits per heavy atom. The summed E-state index contributed by atoms with van der Waals surface area (Å²) in [5.41, 5.74) is 1.59. The van der Waals surface area contributed by atoms with E-state index in [1.807, 2.05) is 48.5 Å². The number of aldehydes is 1. The number of hydrogen-bond donors (Lipinski definition) is 0. The van der Waals surface area contributed by atoms with Crippen LogP contribution in [0.2, 0.25) is 0 Å². The van der Waals surface area contributed by atoms with Crippen LogP contribution in [-0.2, 0) is 0 Å². The summed E-state index contributed by atoms with van der Waals surface area (Å²) < 4.78 is 0. The third kappa shape index (κ3) is 1.40. The molecule has 0 radical (unpaired) electrons. The molecular formula is C17H10O. The maximum Gasteiger partial charge on any atom is 0.150 e. The number of benzene rings is 3. The van der Waals surface area contributed by atoms with Gasteiger partial charge < -0.3 is 0 Å². The smallest absolute Gasteiger partial charge is 0.150 e. The van der Waals surface area contributed by atoms with Gasteiger partial charge in [0.25, 0.3) is 0 Å². The standard InChI is InChI=1S/C17H10O/c1-2-12-5-3-7-16-14(12)9-10-15-13(11-18)6-4-8-17(15)16/h1,3-11H. The number of carbonyl (C=O) groups is 1. The van der Waals surface area contributed by atoms with E-state index in [0.29, 0.717) is 5.56 Å². The summed E-state index contributed by atoms with van der Waals surface area (Å²) in [6, 6.07) is 15.6. The Kier molecular flexibility index (Phi) is 2.35. The van der Waals surface area contributed by atoms with Crippen molar-refractivity contribution in [2.75, 3.05) is 0 Å². The molecule has 1 nitrogen and oxygen atoms in total. The summed E-state index contributed by atoms with van der Waals surface area (Å²) in [4.78, 5) is 11.0. The van der Waals surface area contributed by atoms with Gasteiger partial charge in [0.05, 0.1) is 0 Å². The minimum atomic E-state index is 0.709. The van der Waals surface area contributed by atoms with Gasteiger partial charge in [-0.25, -0.2) is 0 Å². The van der Waals surface area contributed by atoms with Gasteiger partial charge in [-0.15, -0.1) is 6.42 Å². The van der Waals surface area contributed by atoms with E-state index in [9.17, 15) is 4.79 Å². The SMILES string of the molecule is C#Cc1cccc2c1ccc1c(C=O)cccc12. The van der Waals surface area contributed by atoms with Crippen molar-refractivity contribution in [3.63, 3.8) is 0 Å². The van der Waals surface area contributed by atoms with E-state index in [4.69, 9.17) is 6.42 Å². The fourth-order valence-electron chi connectivity index (χ4n) is 2.38. The first-order chi connectivity index (χ1) is 8.85. The Morgan fingerprint density at radius 1 is 0.833 bits per heavy atom. The van der Waals surface area contributed by atoms with E-state index in [1.54, 1.807) is 0 Å². The highest BCUT2D eigenvalue weighted by atomic mass is 16.1. The van der Waals surface area contributed by atoms with E-state index in [-0.39, 0.29) is 0 Å². The minimum absolute atomic E-state index is 0.709. The molecule has 0 aliphatic rings. The molecule has 0 aromatic heterocycles. The lowest BCUT2D eigenvalue weighted by atomic mass is 9.96. The molecule has 0 saturated heterocycles. The lowest BCUT2D eigenvalue weighted by Gasteiger charge is -2.07. The predicted octanol–water partition coefficient (Wildman–Crippen LogP) is 3.79. The first-order valence-corrected chi connectivity index (χ1v) is 5.71. The fraction of sp³-hybridized carbons (Fsp3) is 0. The van der Waals surface area contributed by atoms with Gasteiger partial charge in [0.1, 0.15) is 0 Å². The zero-order valence-corrected chi connectivity index (χ0v) is 9.68. The van der Waals surface area contributed by atoms with Gasteiger partial charge >= 0.3 is 0 Å². The molecule has 3 aromatic rings. The summed E-state index contributed by atoms with van der Waals surface area (Å²) in [5.74, 6) is 2.69. The van der Waals surface area contributed by atoms with Crippen LogP contribution in [0.25, 0.3) is 21.5 Å². The second-order valence-electron chi connectivity index (χ2n) is 4.17. The lowest BCUT2D eigenvalue weighted by Crippen LogP contribution is -1.86. The van der Waals surface area contributed by atoms with Crippen molar-refractivity contribution >= 4 is 27.8 Å². The molecule has 0 amide bonds. The Labute approximate surface area is 105 Å². The van der Waals surface area contributed by atoms with E-state index in [0.717, 1.165) is 33.4 Å². The summed E-state index contributed by atoms with van der Waals surface area (Å²) in [6.45, 7) is 0. The van der Waals surface area contributed by atoms with Crippen molar-refractivity contribution in [2.45, 2.75) is 0 Å². The average molecular weight is 230 g/mol. The van der Waals surface area contributed by atoms with E-state index >= 15 is 0 Å². The summed E-state index contributed by atoms with van der Waals surface area (Å²) in [5, 5.41) is 4.17. The van der Waals surface area contributed by atoms with Crippen molar-refractivity contribution in [3.8, 4) is 12.3 Å². The maximum atomic E-state index is 11.0. The molecule has 0 unspecified atom stereocenters. The molecular weight excluding hydrogens is 220 g/mol. The van der Waals surface area contributed by atoms with Crippen molar-refractivity contribution in [2.24, 2.45) is 0 Å². The van der Waals surface area contributed by atoms with Gasteiger partial charge in [-0.2, -0.15) is 0 Å². The maximum absolute atomic E-state index is 11.0. The highest BCUT2D eigenvalue weighted by Crippen LogP contribution is 2.28. The van der Waals surface area contributed by atoms with Crippen LogP contribution in [0.5, 0.6) is 0 Å². The first-order valence-electron chi connectivity index (χ1n) is 5.71. The number of fused-ring (bicyclic) bond motifs is 3. The Bertz CT molecular complexity index is 807. The lowest BCUT2D eigenvalue weighted by molar-refractivity contribution is 0.112. The van der Waals surface area contributed by atoms with Gasteiger partial charge in [0, 0.05) is 11.1 Å². The van der Waals surface area contributed by atoms with Crippen LogP contribution in [0.1, 0.15) is 15.9 Å². The van der Waals surface area contributed by atoms with Crippen molar-refractivity contribution in [3.05, 3.63) is 59.7 Å². The molecule has 0 fully saturated rings. The van der Waals surface area contributed by atoms with Crippen LogP contribution in [0.4, 0.5) is 0 Å². The highest BCUT2D eigenvalue weighted by molar-refractivity contribution is 6.13. The van der Waals surface area contributed by atoms with E-state index < -0.39 is 0 Å². The quantitative estimate of drug-likeness (QED) is 0.353. The van der Waals surface area contributed by atoms with Crippen molar-refractivity contribution in [1.29, 1.82) is 0 Å². The minimum Gasteiger partial charge on any atom is -0.298 e. The van der Waals surface area contributed by atoms with Crippen LogP contribution in [-0.4, -0.2) is 6.29 Å². The molecule has 18 heavy (non-hydrogen) atoms. The molecule has 0 aliphatic heterocycles. The Hall–Kier alpha value is -2.59. The Balaban J connectivity index is 2.56. The molecule has 0 bridgehead atoms. The fourth-order valence-corrected chi connectivity index (χ4v) is 2.38. The van der Waals surface area contributed by atoms with E-state index in [2.05, 4.69) is 5.92 Å². The number of carbonyl (C=O) groups excluding carboxylic acids is 1. The molecule has 3 rings (SSSR count). The molecule has 3 aromatic carbocycles. The average Bonchev–Trinajstić information content (AvgIpc) is 2.45. The van der Waals surface area contributed by atoms with Crippen LogP contribution in [0.3, 0.4) is 0 Å². The first kappa shape index (κ1) is 10.6. The van der Waals surface area contributed by atoms with Crippen molar-refractivity contribution in [1.82, 2.24) is 0 Å². The zero-order valence-electron chi connectivity index (χ0n) is 9.68. The topological polar surface area (TPSA) is 17.1 Å². The second-order valence-corrected chi connectivity index (χ2v) is 4.17. The second kappa shape index (κ2) is 4.01. The molecule has 0 aliphatic carbocycles. The van der Waals surface area contributed by atoms with Gasteiger partial charge in [0.15, 0.2) is 6.29 Å². The van der Waals surface area contributed by atoms with Crippen LogP contribution in [0, 0.1) is 12.3 Å². The van der Waals surface area contributed by atoms with Crippen LogP contribution >= 0.6 is 0 Å². The molecule has 0 N–H and O–H groups in total. The van der Waals surface area contributed by atoms with Crippen LogP contribution < -0.4 is 0 Å². The molecule has 0 atom stereocenters. The number of rotatable bonds is 1. The van der Waals surface area contributed by atoms with Gasteiger partial charge in [-0.3, -0.25) is 4.79 Å². The van der Waals surface area contributed by atoms with E-state index in [1.165, 1.54) is 0 Å². The monoisotopic (exact) mass is 230 g/mol. The highest BCUT2D eigenvalue weighted by Gasteiger charge is 2.05.